The van der Waals surface area contributed by atoms with Gasteiger partial charge < -0.3 is 4.90 Å². The monoisotopic (exact) mass is 306 g/mol. The van der Waals surface area contributed by atoms with Gasteiger partial charge in [-0.1, -0.05) is 18.2 Å². The van der Waals surface area contributed by atoms with Crippen molar-refractivity contribution in [2.75, 3.05) is 4.90 Å². The van der Waals surface area contributed by atoms with Gasteiger partial charge in [-0.2, -0.15) is 0 Å². The van der Waals surface area contributed by atoms with E-state index in [0.717, 1.165) is 22.8 Å². The molecule has 3 rings (SSSR count). The van der Waals surface area contributed by atoms with Gasteiger partial charge in [0.1, 0.15) is 5.01 Å². The number of hydrogen-bond acceptors (Lipinski definition) is 3. The molecule has 0 bridgehead atoms. The molecule has 0 saturated carbocycles. The molecule has 20 heavy (non-hydrogen) atoms. The number of fused-ring (bicyclic) bond motifs is 1. The number of aromatic nitrogens is 1. The number of carbonyl (C=O) groups is 1. The zero-order valence-electron chi connectivity index (χ0n) is 11.2. The van der Waals surface area contributed by atoms with Gasteiger partial charge in [0.2, 0.25) is 5.91 Å². The van der Waals surface area contributed by atoms with E-state index in [9.17, 15) is 4.79 Å². The number of anilines is 1. The first-order chi connectivity index (χ1) is 9.69. The first-order valence-electron chi connectivity index (χ1n) is 6.58. The fourth-order valence-electron chi connectivity index (χ4n) is 2.65. The SMILES string of the molecule is CC1Cc2ccccc2N1C(=O)Cc1nc(CCl)cs1. The predicted molar refractivity (Wildman–Crippen MR) is 82.5 cm³/mol. The maximum Gasteiger partial charge on any atom is 0.234 e. The van der Waals surface area contributed by atoms with Crippen LogP contribution in [0.1, 0.15) is 23.2 Å². The molecule has 0 saturated heterocycles. The van der Waals surface area contributed by atoms with Crippen molar-refractivity contribution in [2.45, 2.75) is 31.7 Å². The minimum absolute atomic E-state index is 0.109. The van der Waals surface area contributed by atoms with Crippen LogP contribution in [0.2, 0.25) is 0 Å². The standard InChI is InChI=1S/C15H15ClN2OS/c1-10-6-11-4-2-3-5-13(11)18(10)15(19)7-14-17-12(8-16)9-20-14/h2-5,9-10H,6-8H2,1H3. The van der Waals surface area contributed by atoms with Crippen molar-refractivity contribution in [1.82, 2.24) is 4.98 Å². The smallest absolute Gasteiger partial charge is 0.234 e. The van der Waals surface area contributed by atoms with E-state index in [4.69, 9.17) is 11.6 Å². The van der Waals surface area contributed by atoms with Crippen molar-refractivity contribution >= 4 is 34.5 Å². The number of benzene rings is 1. The summed E-state index contributed by atoms with van der Waals surface area (Å²) in [7, 11) is 0. The Labute approximate surface area is 127 Å². The average molecular weight is 307 g/mol. The Morgan fingerprint density at radius 3 is 3.05 bits per heavy atom. The number of nitrogens with zero attached hydrogens (tertiary/aromatic N) is 2. The molecular formula is C15H15ClN2OS. The Morgan fingerprint density at radius 1 is 1.50 bits per heavy atom. The van der Waals surface area contributed by atoms with E-state index >= 15 is 0 Å². The Balaban J connectivity index is 1.80. The molecule has 0 radical (unpaired) electrons. The van der Waals surface area contributed by atoms with E-state index in [1.807, 2.05) is 28.5 Å². The Kier molecular flexibility index (Phi) is 3.76. The number of halogens is 1. The Hall–Kier alpha value is -1.39. The van der Waals surface area contributed by atoms with Crippen LogP contribution in [0, 0.1) is 0 Å². The second kappa shape index (κ2) is 5.54. The number of alkyl halides is 1. The number of rotatable bonds is 3. The van der Waals surface area contributed by atoms with Gasteiger partial charge in [-0.15, -0.1) is 22.9 Å². The van der Waals surface area contributed by atoms with E-state index in [-0.39, 0.29) is 11.9 Å². The fourth-order valence-corrected chi connectivity index (χ4v) is 3.66. The average Bonchev–Trinajstić information content (AvgIpc) is 3.01. The highest BCUT2D eigenvalue weighted by Gasteiger charge is 2.30. The maximum atomic E-state index is 12.5. The topological polar surface area (TPSA) is 33.2 Å². The zero-order valence-corrected chi connectivity index (χ0v) is 12.7. The molecular weight excluding hydrogens is 292 g/mol. The highest BCUT2D eigenvalue weighted by Crippen LogP contribution is 2.32. The molecule has 1 aliphatic heterocycles. The highest BCUT2D eigenvalue weighted by molar-refractivity contribution is 7.09. The lowest BCUT2D eigenvalue weighted by molar-refractivity contribution is -0.118. The third-order valence-corrected chi connectivity index (χ3v) is 4.69. The van der Waals surface area contributed by atoms with Crippen molar-refractivity contribution in [3.63, 3.8) is 0 Å². The lowest BCUT2D eigenvalue weighted by Crippen LogP contribution is -2.36. The third-order valence-electron chi connectivity index (χ3n) is 3.51. The summed E-state index contributed by atoms with van der Waals surface area (Å²) in [5.41, 5.74) is 3.13. The van der Waals surface area contributed by atoms with Crippen molar-refractivity contribution in [1.29, 1.82) is 0 Å². The summed E-state index contributed by atoms with van der Waals surface area (Å²) >= 11 is 7.24. The second-order valence-corrected chi connectivity index (χ2v) is 6.20. The van der Waals surface area contributed by atoms with Gasteiger partial charge >= 0.3 is 0 Å². The summed E-state index contributed by atoms with van der Waals surface area (Å²) < 4.78 is 0. The number of hydrogen-bond donors (Lipinski definition) is 0. The normalized spacial score (nSPS) is 17.3. The largest absolute Gasteiger partial charge is 0.309 e. The number of para-hydroxylation sites is 1. The van der Waals surface area contributed by atoms with Gasteiger partial charge in [-0.05, 0) is 25.0 Å². The molecule has 0 spiro atoms. The molecule has 3 nitrogen and oxygen atoms in total. The summed E-state index contributed by atoms with van der Waals surface area (Å²) in [4.78, 5) is 18.8. The molecule has 1 aliphatic rings. The van der Waals surface area contributed by atoms with Crippen molar-refractivity contribution in [3.05, 3.63) is 45.9 Å². The number of carbonyl (C=O) groups excluding carboxylic acids is 1. The molecule has 1 unspecified atom stereocenters. The lowest BCUT2D eigenvalue weighted by Gasteiger charge is -2.22. The zero-order chi connectivity index (χ0) is 14.1. The van der Waals surface area contributed by atoms with Crippen LogP contribution in [0.5, 0.6) is 0 Å². The van der Waals surface area contributed by atoms with Gasteiger partial charge in [0.25, 0.3) is 0 Å². The summed E-state index contributed by atoms with van der Waals surface area (Å²) in [5.74, 6) is 0.506. The van der Waals surface area contributed by atoms with Crippen LogP contribution in [0.15, 0.2) is 29.6 Å². The highest BCUT2D eigenvalue weighted by atomic mass is 35.5. The predicted octanol–water partition coefficient (Wildman–Crippen LogP) is 3.40. The van der Waals surface area contributed by atoms with Crippen LogP contribution in [-0.2, 0) is 23.5 Å². The first kappa shape index (κ1) is 13.6. The van der Waals surface area contributed by atoms with Crippen LogP contribution in [-0.4, -0.2) is 16.9 Å². The quantitative estimate of drug-likeness (QED) is 0.814. The van der Waals surface area contributed by atoms with E-state index in [2.05, 4.69) is 18.0 Å². The molecule has 5 heteroatoms. The molecule has 0 aliphatic carbocycles. The van der Waals surface area contributed by atoms with Crippen LogP contribution >= 0.6 is 22.9 Å². The van der Waals surface area contributed by atoms with E-state index in [0.29, 0.717) is 12.3 Å². The molecule has 1 atom stereocenters. The molecule has 1 aromatic heterocycles. The summed E-state index contributed by atoms with van der Waals surface area (Å²) in [6, 6.07) is 8.32. The third kappa shape index (κ3) is 2.45. The minimum Gasteiger partial charge on any atom is -0.309 e. The number of thiazole rings is 1. The summed E-state index contributed by atoms with van der Waals surface area (Å²) in [6.07, 6.45) is 1.27. The van der Waals surface area contributed by atoms with Gasteiger partial charge in [-0.25, -0.2) is 4.98 Å². The lowest BCUT2D eigenvalue weighted by atomic mass is 10.1. The maximum absolute atomic E-state index is 12.5. The van der Waals surface area contributed by atoms with E-state index < -0.39 is 0 Å². The van der Waals surface area contributed by atoms with Crippen LogP contribution < -0.4 is 4.90 Å². The first-order valence-corrected chi connectivity index (χ1v) is 7.99. The van der Waals surface area contributed by atoms with Crippen LogP contribution in [0.25, 0.3) is 0 Å². The van der Waals surface area contributed by atoms with Gasteiger partial charge in [0.15, 0.2) is 0 Å². The fraction of sp³-hybridized carbons (Fsp3) is 0.333. The second-order valence-electron chi connectivity index (χ2n) is 4.99. The number of amides is 1. The van der Waals surface area contributed by atoms with Gasteiger partial charge in [0.05, 0.1) is 18.0 Å². The molecule has 0 fully saturated rings. The van der Waals surface area contributed by atoms with Gasteiger partial charge in [-0.3, -0.25) is 4.79 Å². The molecule has 2 heterocycles. The van der Waals surface area contributed by atoms with Crippen LogP contribution in [0.3, 0.4) is 0 Å². The van der Waals surface area contributed by atoms with E-state index in [1.165, 1.54) is 16.9 Å². The molecule has 1 aromatic carbocycles. The van der Waals surface area contributed by atoms with Crippen molar-refractivity contribution in [2.24, 2.45) is 0 Å². The molecule has 1 amide bonds. The molecule has 2 aromatic rings. The van der Waals surface area contributed by atoms with Crippen molar-refractivity contribution < 1.29 is 4.79 Å². The molecule has 104 valence electrons. The molecule has 0 N–H and O–H groups in total. The minimum atomic E-state index is 0.109. The Morgan fingerprint density at radius 2 is 2.30 bits per heavy atom. The Bertz CT molecular complexity index is 640. The van der Waals surface area contributed by atoms with Crippen molar-refractivity contribution in [3.8, 4) is 0 Å². The van der Waals surface area contributed by atoms with E-state index in [1.54, 1.807) is 0 Å². The summed E-state index contributed by atoms with van der Waals surface area (Å²) in [5, 5.41) is 2.75. The summed E-state index contributed by atoms with van der Waals surface area (Å²) in [6.45, 7) is 2.09. The van der Waals surface area contributed by atoms with Gasteiger partial charge in [0, 0.05) is 17.1 Å². The van der Waals surface area contributed by atoms with Crippen LogP contribution in [0.4, 0.5) is 5.69 Å².